The van der Waals surface area contributed by atoms with Gasteiger partial charge in [0.2, 0.25) is 0 Å². The highest BCUT2D eigenvalue weighted by molar-refractivity contribution is 6.31. The first kappa shape index (κ1) is 14.4. The first-order valence-electron chi connectivity index (χ1n) is 6.53. The van der Waals surface area contributed by atoms with Crippen LogP contribution in [0.4, 0.5) is 4.39 Å². The number of hydrogen-bond donors (Lipinski definition) is 0. The lowest BCUT2D eigenvalue weighted by molar-refractivity contribution is 0.528. The summed E-state index contributed by atoms with van der Waals surface area (Å²) in [5.74, 6) is 0.218. The van der Waals surface area contributed by atoms with Crippen LogP contribution in [0.25, 0.3) is 11.0 Å². The van der Waals surface area contributed by atoms with Crippen LogP contribution in [0.1, 0.15) is 18.1 Å². The SMILES string of the molecule is CC(Cl)c1nc2cc(F)c(Cl)cc2n1CCn1cccn1. The summed E-state index contributed by atoms with van der Waals surface area (Å²) in [6.07, 6.45) is 3.61. The number of halogens is 3. The number of alkyl halides is 1. The van der Waals surface area contributed by atoms with Gasteiger partial charge in [0.15, 0.2) is 0 Å². The van der Waals surface area contributed by atoms with E-state index in [9.17, 15) is 4.39 Å². The molecule has 0 aliphatic carbocycles. The highest BCUT2D eigenvalue weighted by atomic mass is 35.5. The molecular weight excluding hydrogens is 314 g/mol. The summed E-state index contributed by atoms with van der Waals surface area (Å²) in [6, 6.07) is 4.79. The molecule has 110 valence electrons. The largest absolute Gasteiger partial charge is 0.325 e. The van der Waals surface area contributed by atoms with Crippen molar-refractivity contribution in [2.45, 2.75) is 25.4 Å². The summed E-state index contributed by atoms with van der Waals surface area (Å²) in [5, 5.41) is 3.97. The third-order valence-corrected chi connectivity index (χ3v) is 3.77. The summed E-state index contributed by atoms with van der Waals surface area (Å²) in [6.45, 7) is 3.14. The van der Waals surface area contributed by atoms with E-state index in [0.717, 1.165) is 5.52 Å². The number of rotatable bonds is 4. The van der Waals surface area contributed by atoms with E-state index >= 15 is 0 Å². The molecule has 1 unspecified atom stereocenters. The molecule has 0 aliphatic rings. The van der Waals surface area contributed by atoms with Gasteiger partial charge < -0.3 is 4.57 Å². The van der Waals surface area contributed by atoms with Crippen LogP contribution >= 0.6 is 23.2 Å². The topological polar surface area (TPSA) is 35.6 Å². The molecule has 3 rings (SSSR count). The van der Waals surface area contributed by atoms with E-state index in [1.54, 1.807) is 12.3 Å². The zero-order valence-corrected chi connectivity index (χ0v) is 12.8. The molecule has 0 radical (unpaired) electrons. The van der Waals surface area contributed by atoms with Crippen molar-refractivity contribution in [3.8, 4) is 0 Å². The van der Waals surface area contributed by atoms with Crippen molar-refractivity contribution in [3.63, 3.8) is 0 Å². The normalized spacial score (nSPS) is 13.0. The smallest absolute Gasteiger partial charge is 0.144 e. The van der Waals surface area contributed by atoms with Gasteiger partial charge in [-0.1, -0.05) is 11.6 Å². The molecule has 0 amide bonds. The van der Waals surface area contributed by atoms with Gasteiger partial charge in [-0.05, 0) is 19.1 Å². The molecule has 2 aromatic heterocycles. The van der Waals surface area contributed by atoms with E-state index in [0.29, 0.717) is 24.4 Å². The van der Waals surface area contributed by atoms with Gasteiger partial charge in [-0.2, -0.15) is 5.10 Å². The molecule has 0 spiro atoms. The minimum atomic E-state index is -0.477. The monoisotopic (exact) mass is 326 g/mol. The first-order chi connectivity index (χ1) is 10.1. The average molecular weight is 327 g/mol. The van der Waals surface area contributed by atoms with Crippen LogP contribution in [0.15, 0.2) is 30.6 Å². The van der Waals surface area contributed by atoms with E-state index < -0.39 is 5.82 Å². The fourth-order valence-electron chi connectivity index (χ4n) is 2.31. The van der Waals surface area contributed by atoms with Crippen LogP contribution < -0.4 is 0 Å². The zero-order valence-electron chi connectivity index (χ0n) is 11.3. The number of aryl methyl sites for hydroxylation is 2. The Morgan fingerprint density at radius 3 is 2.81 bits per heavy atom. The highest BCUT2D eigenvalue weighted by Gasteiger charge is 2.16. The summed E-state index contributed by atoms with van der Waals surface area (Å²) in [7, 11) is 0. The standard InChI is InChI=1S/C14H13Cl2FN4/c1-9(15)14-19-12-8-11(17)10(16)7-13(12)21(14)6-5-20-4-2-3-18-20/h2-4,7-9H,5-6H2,1H3. The zero-order chi connectivity index (χ0) is 15.0. The maximum Gasteiger partial charge on any atom is 0.144 e. The van der Waals surface area contributed by atoms with Crippen molar-refractivity contribution in [1.82, 2.24) is 19.3 Å². The number of nitrogens with zero attached hydrogens (tertiary/aromatic N) is 4. The molecular formula is C14H13Cl2FN4. The summed E-state index contributed by atoms with van der Waals surface area (Å²) in [4.78, 5) is 4.42. The molecule has 0 aliphatic heterocycles. The second kappa shape index (κ2) is 5.66. The molecule has 0 saturated heterocycles. The second-order valence-corrected chi connectivity index (χ2v) is 5.82. The number of aromatic nitrogens is 4. The summed E-state index contributed by atoms with van der Waals surface area (Å²) < 4.78 is 17.3. The Hall–Kier alpha value is -1.59. The van der Waals surface area contributed by atoms with Crippen LogP contribution in [-0.2, 0) is 13.1 Å². The van der Waals surface area contributed by atoms with Gasteiger partial charge in [0.1, 0.15) is 11.6 Å². The van der Waals surface area contributed by atoms with E-state index in [4.69, 9.17) is 23.2 Å². The van der Waals surface area contributed by atoms with Crippen LogP contribution in [0.3, 0.4) is 0 Å². The van der Waals surface area contributed by atoms with E-state index in [-0.39, 0.29) is 10.4 Å². The summed E-state index contributed by atoms with van der Waals surface area (Å²) >= 11 is 12.1. The van der Waals surface area contributed by atoms with Gasteiger partial charge in [0.25, 0.3) is 0 Å². The van der Waals surface area contributed by atoms with Crippen LogP contribution in [0.5, 0.6) is 0 Å². The maximum absolute atomic E-state index is 13.6. The quantitative estimate of drug-likeness (QED) is 0.679. The average Bonchev–Trinajstić information content (AvgIpc) is 3.05. The van der Waals surface area contributed by atoms with Crippen molar-refractivity contribution in [1.29, 1.82) is 0 Å². The van der Waals surface area contributed by atoms with Crippen LogP contribution in [0.2, 0.25) is 5.02 Å². The van der Waals surface area contributed by atoms with Gasteiger partial charge in [-0.25, -0.2) is 9.37 Å². The van der Waals surface area contributed by atoms with Gasteiger partial charge in [0.05, 0.1) is 28.0 Å². The summed E-state index contributed by atoms with van der Waals surface area (Å²) in [5.41, 5.74) is 1.33. The Labute approximate surface area is 131 Å². The van der Waals surface area contributed by atoms with Crippen molar-refractivity contribution in [3.05, 3.63) is 47.3 Å². The Morgan fingerprint density at radius 2 is 2.14 bits per heavy atom. The number of hydrogen-bond acceptors (Lipinski definition) is 2. The number of imidazole rings is 1. The number of benzene rings is 1. The van der Waals surface area contributed by atoms with Crippen molar-refractivity contribution in [2.75, 3.05) is 0 Å². The van der Waals surface area contributed by atoms with E-state index in [2.05, 4.69) is 10.1 Å². The van der Waals surface area contributed by atoms with Crippen molar-refractivity contribution < 1.29 is 4.39 Å². The second-order valence-electron chi connectivity index (χ2n) is 4.76. The maximum atomic E-state index is 13.6. The van der Waals surface area contributed by atoms with Crippen LogP contribution in [0, 0.1) is 5.82 Å². The van der Waals surface area contributed by atoms with Crippen molar-refractivity contribution in [2.24, 2.45) is 0 Å². The predicted molar refractivity (Wildman–Crippen MR) is 81.2 cm³/mol. The van der Waals surface area contributed by atoms with Gasteiger partial charge in [-0.3, -0.25) is 4.68 Å². The predicted octanol–water partition coefficient (Wildman–Crippen LogP) is 4.03. The van der Waals surface area contributed by atoms with Crippen molar-refractivity contribution >= 4 is 34.2 Å². The highest BCUT2D eigenvalue weighted by Crippen LogP contribution is 2.28. The third-order valence-electron chi connectivity index (χ3n) is 3.29. The lowest BCUT2D eigenvalue weighted by Crippen LogP contribution is -2.11. The molecule has 0 N–H and O–H groups in total. The van der Waals surface area contributed by atoms with Gasteiger partial charge >= 0.3 is 0 Å². The van der Waals surface area contributed by atoms with E-state index in [1.165, 1.54) is 6.07 Å². The molecule has 0 fully saturated rings. The molecule has 4 nitrogen and oxygen atoms in total. The van der Waals surface area contributed by atoms with Gasteiger partial charge in [-0.15, -0.1) is 11.6 Å². The molecule has 21 heavy (non-hydrogen) atoms. The fourth-order valence-corrected chi connectivity index (χ4v) is 2.64. The Balaban J connectivity index is 2.04. The minimum absolute atomic E-state index is 0.0801. The third kappa shape index (κ3) is 2.76. The minimum Gasteiger partial charge on any atom is -0.325 e. The molecule has 0 bridgehead atoms. The van der Waals surface area contributed by atoms with E-state index in [1.807, 2.05) is 28.4 Å². The Bertz CT molecular complexity index is 765. The number of fused-ring (bicyclic) bond motifs is 1. The molecule has 7 heteroatoms. The molecule has 0 saturated carbocycles. The lowest BCUT2D eigenvalue weighted by atomic mass is 10.3. The Kier molecular flexibility index (Phi) is 3.87. The molecule has 3 aromatic rings. The molecule has 1 aromatic carbocycles. The molecule has 1 atom stereocenters. The van der Waals surface area contributed by atoms with Gasteiger partial charge in [0, 0.05) is 25.0 Å². The lowest BCUT2D eigenvalue weighted by Gasteiger charge is -2.10. The fraction of sp³-hybridized carbons (Fsp3) is 0.286. The van der Waals surface area contributed by atoms with Crippen LogP contribution in [-0.4, -0.2) is 19.3 Å². The first-order valence-corrected chi connectivity index (χ1v) is 7.34. The molecule has 2 heterocycles. The Morgan fingerprint density at radius 1 is 1.33 bits per heavy atom.